The first kappa shape index (κ1) is 27.7. The SMILES string of the molecule is O=C1/C(=C/c2cccc(-c3cc(C(F)(F)F)cc(C(F)(F)F)c3)n2)SC(=S)N1CCCCCc1nn[nH]n1. The van der Waals surface area contributed by atoms with Crippen LogP contribution in [0.2, 0.25) is 0 Å². The van der Waals surface area contributed by atoms with Gasteiger partial charge in [0.2, 0.25) is 0 Å². The van der Waals surface area contributed by atoms with Gasteiger partial charge in [0, 0.05) is 18.5 Å². The molecule has 1 amide bonds. The Hall–Kier alpha value is -3.33. The highest BCUT2D eigenvalue weighted by molar-refractivity contribution is 8.26. The van der Waals surface area contributed by atoms with Gasteiger partial charge in [0.15, 0.2) is 5.82 Å². The molecule has 0 unspecified atom stereocenters. The number of rotatable bonds is 8. The van der Waals surface area contributed by atoms with Crippen molar-refractivity contribution in [2.45, 2.75) is 38.0 Å². The van der Waals surface area contributed by atoms with Gasteiger partial charge >= 0.3 is 12.4 Å². The molecule has 0 spiro atoms. The third-order valence-corrected chi connectivity index (χ3v) is 6.86. The second-order valence-electron chi connectivity index (χ2n) is 8.21. The van der Waals surface area contributed by atoms with Crippen LogP contribution < -0.4 is 0 Å². The predicted molar refractivity (Wildman–Crippen MR) is 131 cm³/mol. The summed E-state index contributed by atoms with van der Waals surface area (Å²) >= 11 is 6.37. The van der Waals surface area contributed by atoms with Gasteiger partial charge in [0.1, 0.15) is 4.32 Å². The van der Waals surface area contributed by atoms with E-state index < -0.39 is 23.5 Å². The molecule has 2 aromatic heterocycles. The highest BCUT2D eigenvalue weighted by Crippen LogP contribution is 2.38. The van der Waals surface area contributed by atoms with Gasteiger partial charge in [-0.3, -0.25) is 9.69 Å². The zero-order valence-electron chi connectivity index (χ0n) is 19.3. The molecule has 1 aliphatic rings. The maximum atomic E-state index is 13.3. The van der Waals surface area contributed by atoms with Crippen molar-refractivity contribution in [3.8, 4) is 11.3 Å². The molecule has 1 aliphatic heterocycles. The van der Waals surface area contributed by atoms with Gasteiger partial charge in [-0.1, -0.05) is 41.7 Å². The summed E-state index contributed by atoms with van der Waals surface area (Å²) in [5.74, 6) is 0.261. The highest BCUT2D eigenvalue weighted by Gasteiger charge is 2.37. The third-order valence-electron chi connectivity index (χ3n) is 5.48. The molecule has 0 atom stereocenters. The number of pyridine rings is 1. The second kappa shape index (κ2) is 11.2. The fourth-order valence-electron chi connectivity index (χ4n) is 3.64. The van der Waals surface area contributed by atoms with Crippen LogP contribution in [0.25, 0.3) is 17.3 Å². The summed E-state index contributed by atoms with van der Waals surface area (Å²) in [6.45, 7) is 0.395. The van der Waals surface area contributed by atoms with E-state index in [1.807, 2.05) is 0 Å². The van der Waals surface area contributed by atoms with E-state index in [2.05, 4.69) is 25.6 Å². The first-order chi connectivity index (χ1) is 17.9. The van der Waals surface area contributed by atoms with Crippen LogP contribution in [0.15, 0.2) is 41.3 Å². The van der Waals surface area contributed by atoms with E-state index in [-0.39, 0.29) is 33.8 Å². The van der Waals surface area contributed by atoms with Gasteiger partial charge in [0.05, 0.1) is 27.4 Å². The molecule has 1 aromatic carbocycles. The fourth-order valence-corrected chi connectivity index (χ4v) is 4.93. The minimum absolute atomic E-state index is 0.0595. The number of hydrogen-bond acceptors (Lipinski definition) is 7. The summed E-state index contributed by atoms with van der Waals surface area (Å²) in [6, 6.07) is 5.51. The summed E-state index contributed by atoms with van der Waals surface area (Å²) in [6.07, 6.45) is -5.62. The molecule has 3 heterocycles. The minimum Gasteiger partial charge on any atom is -0.293 e. The lowest BCUT2D eigenvalue weighted by Crippen LogP contribution is -2.29. The van der Waals surface area contributed by atoms with Crippen molar-refractivity contribution < 1.29 is 31.1 Å². The monoisotopic (exact) mass is 572 g/mol. The van der Waals surface area contributed by atoms with Gasteiger partial charge in [-0.05, 0) is 49.2 Å². The van der Waals surface area contributed by atoms with Crippen molar-refractivity contribution in [1.82, 2.24) is 30.5 Å². The number of aryl methyl sites for hydroxylation is 1. The lowest BCUT2D eigenvalue weighted by atomic mass is 10.0. The van der Waals surface area contributed by atoms with Gasteiger partial charge in [-0.2, -0.15) is 31.6 Å². The number of aromatic nitrogens is 5. The summed E-state index contributed by atoms with van der Waals surface area (Å²) in [5, 5.41) is 13.6. The van der Waals surface area contributed by atoms with E-state index in [1.165, 1.54) is 29.2 Å². The molecular weight excluding hydrogens is 554 g/mol. The summed E-state index contributed by atoms with van der Waals surface area (Å²) in [4.78, 5) is 18.8. The zero-order valence-corrected chi connectivity index (χ0v) is 20.9. The first-order valence-corrected chi connectivity index (χ1v) is 12.4. The average Bonchev–Trinajstić information content (AvgIpc) is 3.46. The van der Waals surface area contributed by atoms with Crippen LogP contribution >= 0.6 is 24.0 Å². The molecule has 3 aromatic rings. The number of tetrazole rings is 1. The Morgan fingerprint density at radius 2 is 1.71 bits per heavy atom. The van der Waals surface area contributed by atoms with Crippen molar-refractivity contribution in [3.63, 3.8) is 0 Å². The van der Waals surface area contributed by atoms with E-state index >= 15 is 0 Å². The topological polar surface area (TPSA) is 87.7 Å². The van der Waals surface area contributed by atoms with Crippen LogP contribution in [-0.2, 0) is 23.6 Å². The molecule has 1 saturated heterocycles. The predicted octanol–water partition coefficient (Wildman–Crippen LogP) is 5.91. The van der Waals surface area contributed by atoms with Crippen LogP contribution in [0.5, 0.6) is 0 Å². The van der Waals surface area contributed by atoms with E-state index in [4.69, 9.17) is 12.2 Å². The normalized spacial score (nSPS) is 15.6. The third kappa shape index (κ3) is 6.75. The maximum absolute atomic E-state index is 13.3. The smallest absolute Gasteiger partial charge is 0.293 e. The first-order valence-electron chi connectivity index (χ1n) is 11.2. The van der Waals surface area contributed by atoms with Gasteiger partial charge in [0.25, 0.3) is 5.91 Å². The molecule has 0 saturated carbocycles. The lowest BCUT2D eigenvalue weighted by molar-refractivity contribution is -0.143. The number of amides is 1. The maximum Gasteiger partial charge on any atom is 0.416 e. The Morgan fingerprint density at radius 1 is 1.00 bits per heavy atom. The molecule has 1 N–H and O–H groups in total. The number of unbranched alkanes of at least 4 members (excludes halogenated alkanes) is 2. The van der Waals surface area contributed by atoms with Crippen LogP contribution in [0.4, 0.5) is 26.3 Å². The second-order valence-corrected chi connectivity index (χ2v) is 9.89. The molecule has 0 radical (unpaired) electrons. The van der Waals surface area contributed by atoms with Crippen LogP contribution in [0.3, 0.4) is 0 Å². The standard InChI is InChI=1S/C23H18F6N6OS2/c24-22(25,26)14-9-13(10-15(11-14)23(27,28)29)17-6-4-5-16(30-17)12-18-20(36)35(21(37)38-18)8-3-1-2-7-19-31-33-34-32-19/h4-6,9-12H,1-3,7-8H2,(H,31,32,33,34)/b18-12-. The Labute approximate surface area is 221 Å². The molecule has 0 bridgehead atoms. The number of thioether (sulfide) groups is 1. The summed E-state index contributed by atoms with van der Waals surface area (Å²) in [5.41, 5.74) is -3.14. The van der Waals surface area contributed by atoms with Gasteiger partial charge < -0.3 is 0 Å². The lowest BCUT2D eigenvalue weighted by Gasteiger charge is -2.14. The number of nitrogens with zero attached hydrogens (tertiary/aromatic N) is 5. The van der Waals surface area contributed by atoms with E-state index in [1.54, 1.807) is 0 Å². The Morgan fingerprint density at radius 3 is 2.34 bits per heavy atom. The largest absolute Gasteiger partial charge is 0.416 e. The number of aromatic amines is 1. The Kier molecular flexibility index (Phi) is 8.16. The molecule has 1 fully saturated rings. The van der Waals surface area contributed by atoms with Crippen molar-refractivity contribution in [1.29, 1.82) is 0 Å². The summed E-state index contributed by atoms with van der Waals surface area (Å²) in [7, 11) is 0. The quantitative estimate of drug-likeness (QED) is 0.155. The highest BCUT2D eigenvalue weighted by atomic mass is 32.2. The number of halogens is 6. The van der Waals surface area contributed by atoms with Crippen LogP contribution in [0, 0.1) is 0 Å². The van der Waals surface area contributed by atoms with Gasteiger partial charge in [-0.25, -0.2) is 4.98 Å². The number of thiocarbonyl (C=S) groups is 1. The number of alkyl halides is 6. The van der Waals surface area contributed by atoms with Crippen molar-refractivity contribution in [2.24, 2.45) is 0 Å². The summed E-state index contributed by atoms with van der Waals surface area (Å²) < 4.78 is 79.9. The van der Waals surface area contributed by atoms with Crippen LogP contribution in [0.1, 0.15) is 41.9 Å². The molecule has 4 rings (SSSR count). The number of carbonyl (C=O) groups is 1. The molecule has 7 nitrogen and oxygen atoms in total. The molecule has 15 heteroatoms. The van der Waals surface area contributed by atoms with Crippen molar-refractivity contribution in [2.75, 3.05) is 6.54 Å². The number of benzene rings is 1. The fraction of sp³-hybridized carbons (Fsp3) is 0.304. The average molecular weight is 573 g/mol. The zero-order chi connectivity index (χ0) is 27.5. The Balaban J connectivity index is 1.48. The number of hydrogen-bond donors (Lipinski definition) is 1. The molecule has 38 heavy (non-hydrogen) atoms. The van der Waals surface area contributed by atoms with Gasteiger partial charge in [-0.15, -0.1) is 10.2 Å². The van der Waals surface area contributed by atoms with E-state index in [0.717, 1.165) is 24.6 Å². The number of carbonyl (C=O) groups excluding carboxylic acids is 1. The van der Waals surface area contributed by atoms with Crippen LogP contribution in [-0.4, -0.2) is 47.3 Å². The van der Waals surface area contributed by atoms with Crippen molar-refractivity contribution >= 4 is 40.3 Å². The molecule has 200 valence electrons. The molecule has 0 aliphatic carbocycles. The Bertz CT molecular complexity index is 1320. The minimum atomic E-state index is -4.98. The van der Waals surface area contributed by atoms with E-state index in [9.17, 15) is 31.1 Å². The molecular formula is C23H18F6N6OS2. The number of nitrogens with one attached hydrogen (secondary N) is 1. The number of H-pyrrole nitrogens is 1. The van der Waals surface area contributed by atoms with Crippen molar-refractivity contribution in [3.05, 3.63) is 63.9 Å². The van der Waals surface area contributed by atoms with E-state index in [0.29, 0.717) is 41.7 Å².